The Kier molecular flexibility index (Phi) is 6.40. The average molecular weight is 319 g/mol. The van der Waals surface area contributed by atoms with Crippen molar-refractivity contribution in [1.29, 1.82) is 0 Å². The molecule has 0 aliphatic heterocycles. The molecule has 2 aromatic rings. The number of halogens is 1. The Morgan fingerprint density at radius 3 is 2.59 bits per heavy atom. The lowest BCUT2D eigenvalue weighted by molar-refractivity contribution is 0.625. The molecule has 0 saturated carbocycles. The Labute approximate surface area is 135 Å². The number of aliphatic imine (C=N–C) groups is 1. The smallest absolute Gasteiger partial charge is 0.190 e. The highest BCUT2D eigenvalue weighted by Crippen LogP contribution is 2.10. The number of rotatable bonds is 6. The van der Waals surface area contributed by atoms with E-state index in [1.165, 1.54) is 10.9 Å². The maximum absolute atomic E-state index is 13.1. The largest absolute Gasteiger partial charge is 0.356 e. The van der Waals surface area contributed by atoms with Crippen LogP contribution in [-0.4, -0.2) is 26.1 Å². The zero-order valence-corrected chi connectivity index (χ0v) is 13.8. The minimum absolute atomic E-state index is 0.180. The molecular weight excluding hydrogens is 297 g/mol. The van der Waals surface area contributed by atoms with E-state index in [0.29, 0.717) is 0 Å². The van der Waals surface area contributed by atoms with Gasteiger partial charge in [-0.1, -0.05) is 12.1 Å². The molecule has 0 fully saturated rings. The van der Waals surface area contributed by atoms with E-state index < -0.39 is 0 Å². The van der Waals surface area contributed by atoms with Crippen molar-refractivity contribution >= 4 is 17.3 Å². The number of guanidine groups is 1. The van der Waals surface area contributed by atoms with Gasteiger partial charge in [0.1, 0.15) is 5.82 Å². The van der Waals surface area contributed by atoms with Crippen molar-refractivity contribution in [2.45, 2.75) is 19.8 Å². The molecule has 0 aliphatic carbocycles. The van der Waals surface area contributed by atoms with Crippen molar-refractivity contribution in [3.05, 3.63) is 57.5 Å². The van der Waals surface area contributed by atoms with Crippen LogP contribution in [0.15, 0.2) is 40.7 Å². The lowest BCUT2D eigenvalue weighted by atomic mass is 10.1. The van der Waals surface area contributed by atoms with Crippen LogP contribution in [0.25, 0.3) is 0 Å². The third-order valence-electron chi connectivity index (χ3n) is 3.46. The predicted molar refractivity (Wildman–Crippen MR) is 92.2 cm³/mol. The highest BCUT2D eigenvalue weighted by molar-refractivity contribution is 7.09. The van der Waals surface area contributed by atoms with Gasteiger partial charge in [0.25, 0.3) is 0 Å². The van der Waals surface area contributed by atoms with Crippen molar-refractivity contribution in [2.24, 2.45) is 4.99 Å². The van der Waals surface area contributed by atoms with E-state index in [0.717, 1.165) is 43.0 Å². The number of nitrogens with one attached hydrogen (secondary N) is 2. The molecule has 0 aliphatic rings. The Balaban J connectivity index is 1.72. The molecule has 118 valence electrons. The minimum Gasteiger partial charge on any atom is -0.356 e. The van der Waals surface area contributed by atoms with Crippen LogP contribution in [-0.2, 0) is 12.8 Å². The molecule has 0 saturated heterocycles. The van der Waals surface area contributed by atoms with Crippen LogP contribution in [0.5, 0.6) is 0 Å². The van der Waals surface area contributed by atoms with E-state index in [4.69, 9.17) is 0 Å². The summed E-state index contributed by atoms with van der Waals surface area (Å²) in [5.41, 5.74) is 2.14. The number of hydrogen-bond donors (Lipinski definition) is 2. The molecule has 1 aromatic carbocycles. The van der Waals surface area contributed by atoms with Gasteiger partial charge in [0.05, 0.1) is 0 Å². The molecule has 1 heterocycles. The highest BCUT2D eigenvalue weighted by Gasteiger charge is 2.02. The third kappa shape index (κ3) is 5.15. The van der Waals surface area contributed by atoms with Crippen LogP contribution in [0.2, 0.25) is 0 Å². The lowest BCUT2D eigenvalue weighted by Crippen LogP contribution is -2.39. The summed E-state index contributed by atoms with van der Waals surface area (Å²) >= 11 is 1.77. The van der Waals surface area contributed by atoms with Gasteiger partial charge in [0.2, 0.25) is 0 Å². The summed E-state index contributed by atoms with van der Waals surface area (Å²) in [4.78, 5) is 5.58. The molecule has 2 rings (SSSR count). The molecule has 5 heteroatoms. The molecule has 3 nitrogen and oxygen atoms in total. The molecule has 1 aromatic heterocycles. The van der Waals surface area contributed by atoms with Gasteiger partial charge in [-0.2, -0.15) is 0 Å². The summed E-state index contributed by atoms with van der Waals surface area (Å²) < 4.78 is 13.1. The van der Waals surface area contributed by atoms with Gasteiger partial charge in [-0.3, -0.25) is 4.99 Å². The molecular formula is C17H22FN3S. The van der Waals surface area contributed by atoms with Gasteiger partial charge in [-0.25, -0.2) is 4.39 Å². The van der Waals surface area contributed by atoms with Crippen LogP contribution in [0, 0.1) is 12.7 Å². The summed E-state index contributed by atoms with van der Waals surface area (Å²) in [6, 6.07) is 9.14. The first-order chi connectivity index (χ1) is 10.7. The Bertz CT molecular complexity index is 608. The predicted octanol–water partition coefficient (Wildman–Crippen LogP) is 3.15. The van der Waals surface area contributed by atoms with E-state index in [9.17, 15) is 4.39 Å². The number of hydrogen-bond acceptors (Lipinski definition) is 2. The minimum atomic E-state index is -0.180. The van der Waals surface area contributed by atoms with Crippen molar-refractivity contribution in [2.75, 3.05) is 20.1 Å². The number of benzene rings is 1. The van der Waals surface area contributed by atoms with E-state index in [1.807, 2.05) is 13.0 Å². The summed E-state index contributed by atoms with van der Waals surface area (Å²) in [5.74, 6) is 0.622. The van der Waals surface area contributed by atoms with Crippen LogP contribution in [0.4, 0.5) is 4.39 Å². The first kappa shape index (κ1) is 16.5. The van der Waals surface area contributed by atoms with Gasteiger partial charge < -0.3 is 10.6 Å². The molecule has 2 N–H and O–H groups in total. The summed E-state index contributed by atoms with van der Waals surface area (Å²) in [6.07, 6.45) is 1.84. The first-order valence-corrected chi connectivity index (χ1v) is 8.29. The second kappa shape index (κ2) is 8.54. The number of thiophene rings is 1. The average Bonchev–Trinajstić information content (AvgIpc) is 3.01. The molecule has 0 radical (unpaired) electrons. The SMILES string of the molecule is CN=C(NCCc1cccs1)NCCc1ccc(F)cc1C. The van der Waals surface area contributed by atoms with Gasteiger partial charge in [0, 0.05) is 25.0 Å². The van der Waals surface area contributed by atoms with Crippen molar-refractivity contribution in [1.82, 2.24) is 10.6 Å². The lowest BCUT2D eigenvalue weighted by Gasteiger charge is -2.12. The fraction of sp³-hybridized carbons (Fsp3) is 0.353. The van der Waals surface area contributed by atoms with Crippen molar-refractivity contribution < 1.29 is 4.39 Å². The molecule has 0 amide bonds. The maximum atomic E-state index is 13.1. The van der Waals surface area contributed by atoms with Gasteiger partial charge in [-0.05, 0) is 54.5 Å². The second-order valence-electron chi connectivity index (χ2n) is 5.08. The Hall–Kier alpha value is -1.88. The monoisotopic (exact) mass is 319 g/mol. The zero-order valence-electron chi connectivity index (χ0n) is 13.0. The quantitative estimate of drug-likeness (QED) is 0.634. The standard InChI is InChI=1S/C17H22FN3S/c1-13-12-15(18)6-5-14(13)7-9-20-17(19-2)21-10-8-16-4-3-11-22-16/h3-6,11-12H,7-10H2,1-2H3,(H2,19,20,21). The molecule has 0 bridgehead atoms. The number of aryl methyl sites for hydroxylation is 1. The number of nitrogens with zero attached hydrogens (tertiary/aromatic N) is 1. The van der Waals surface area contributed by atoms with E-state index in [1.54, 1.807) is 24.5 Å². The summed E-state index contributed by atoms with van der Waals surface area (Å²) in [7, 11) is 1.77. The van der Waals surface area contributed by atoms with Crippen LogP contribution >= 0.6 is 11.3 Å². The summed E-state index contributed by atoms with van der Waals surface area (Å²) in [5, 5.41) is 8.68. The van der Waals surface area contributed by atoms with Crippen molar-refractivity contribution in [3.8, 4) is 0 Å². The highest BCUT2D eigenvalue weighted by atomic mass is 32.1. The molecule has 0 spiro atoms. The van der Waals surface area contributed by atoms with Gasteiger partial charge in [-0.15, -0.1) is 11.3 Å². The van der Waals surface area contributed by atoms with Crippen LogP contribution in [0.3, 0.4) is 0 Å². The first-order valence-electron chi connectivity index (χ1n) is 7.41. The fourth-order valence-electron chi connectivity index (χ4n) is 2.23. The van der Waals surface area contributed by atoms with Crippen LogP contribution in [0.1, 0.15) is 16.0 Å². The second-order valence-corrected chi connectivity index (χ2v) is 6.11. The topological polar surface area (TPSA) is 36.4 Å². The maximum Gasteiger partial charge on any atom is 0.190 e. The van der Waals surface area contributed by atoms with Crippen LogP contribution < -0.4 is 10.6 Å². The van der Waals surface area contributed by atoms with Gasteiger partial charge in [0.15, 0.2) is 5.96 Å². The molecule has 22 heavy (non-hydrogen) atoms. The Morgan fingerprint density at radius 1 is 1.18 bits per heavy atom. The Morgan fingerprint density at radius 2 is 1.95 bits per heavy atom. The van der Waals surface area contributed by atoms with E-state index >= 15 is 0 Å². The van der Waals surface area contributed by atoms with E-state index in [-0.39, 0.29) is 5.82 Å². The normalized spacial score (nSPS) is 11.5. The molecule has 0 unspecified atom stereocenters. The third-order valence-corrected chi connectivity index (χ3v) is 4.40. The fourth-order valence-corrected chi connectivity index (χ4v) is 2.94. The van der Waals surface area contributed by atoms with Crippen molar-refractivity contribution in [3.63, 3.8) is 0 Å². The zero-order chi connectivity index (χ0) is 15.8. The summed E-state index contributed by atoms with van der Waals surface area (Å²) in [6.45, 7) is 3.56. The van der Waals surface area contributed by atoms with Gasteiger partial charge >= 0.3 is 0 Å². The van der Waals surface area contributed by atoms with E-state index in [2.05, 4.69) is 33.1 Å². The molecule has 0 atom stereocenters.